The van der Waals surface area contributed by atoms with Gasteiger partial charge in [-0.3, -0.25) is 19.2 Å². The number of aliphatic hydroxyl groups is 1. The lowest BCUT2D eigenvalue weighted by Gasteiger charge is -2.17. The molecule has 23 heavy (non-hydrogen) atoms. The van der Waals surface area contributed by atoms with Crippen LogP contribution in [0.1, 0.15) is 18.2 Å². The van der Waals surface area contributed by atoms with Crippen LogP contribution in [0.25, 0.3) is 0 Å². The molecule has 0 spiro atoms. The van der Waals surface area contributed by atoms with E-state index in [1.165, 1.54) is 10.8 Å². The molecule has 1 aromatic heterocycles. The van der Waals surface area contributed by atoms with E-state index in [4.69, 9.17) is 14.3 Å². The van der Waals surface area contributed by atoms with Crippen molar-refractivity contribution in [3.05, 3.63) is 32.6 Å². The van der Waals surface area contributed by atoms with Gasteiger partial charge < -0.3 is 14.6 Å². The first kappa shape index (κ1) is 17.8. The quantitative estimate of drug-likeness (QED) is 0.488. The zero-order valence-electron chi connectivity index (χ0n) is 13.5. The Labute approximate surface area is 133 Å². The number of aromatic nitrogens is 2. The van der Waals surface area contributed by atoms with Crippen LogP contribution >= 0.6 is 0 Å². The average molecular weight is 329 g/mol. The average Bonchev–Trinajstić information content (AvgIpc) is 2.83. The fourth-order valence-electron chi connectivity index (χ4n) is 2.31. The minimum absolute atomic E-state index is 0.200. The van der Waals surface area contributed by atoms with E-state index >= 15 is 0 Å². The highest BCUT2D eigenvalue weighted by molar-refractivity contribution is 5.02. The molecule has 9 nitrogen and oxygen atoms in total. The normalized spacial score (nSPS) is 24.5. The largest absolute Gasteiger partial charge is 0.390 e. The molecule has 2 rings (SSSR count). The summed E-state index contributed by atoms with van der Waals surface area (Å²) >= 11 is 0. The standard InChI is InChI=1S/C14H23N3O6/c1-9-7-17(14(20)15-13(9)19)12-6-10(18)11(23-12)8-21-4-5-22-16(2)3/h7,10-12,18H,4-6,8H2,1-3H3,(H,15,19,20)/t10-,11+,12+/m0/s1. The first-order valence-electron chi connectivity index (χ1n) is 7.42. The van der Waals surface area contributed by atoms with Crippen molar-refractivity contribution in [2.24, 2.45) is 0 Å². The first-order chi connectivity index (χ1) is 10.9. The summed E-state index contributed by atoms with van der Waals surface area (Å²) in [5, 5.41) is 11.6. The Morgan fingerprint density at radius 2 is 2.17 bits per heavy atom. The Balaban J connectivity index is 1.90. The Hall–Kier alpha value is -1.52. The summed E-state index contributed by atoms with van der Waals surface area (Å²) in [5.74, 6) is 0. The van der Waals surface area contributed by atoms with Gasteiger partial charge in [-0.05, 0) is 6.92 Å². The summed E-state index contributed by atoms with van der Waals surface area (Å²) in [5.41, 5.74) is -0.576. The van der Waals surface area contributed by atoms with Crippen LogP contribution < -0.4 is 11.2 Å². The molecule has 9 heteroatoms. The Morgan fingerprint density at radius 1 is 1.43 bits per heavy atom. The highest BCUT2D eigenvalue weighted by atomic mass is 16.7. The molecule has 1 fully saturated rings. The van der Waals surface area contributed by atoms with Crippen molar-refractivity contribution in [2.75, 3.05) is 33.9 Å². The number of hydrogen-bond acceptors (Lipinski definition) is 7. The van der Waals surface area contributed by atoms with Gasteiger partial charge in [-0.15, -0.1) is 0 Å². The van der Waals surface area contributed by atoms with Crippen molar-refractivity contribution < 1.29 is 19.4 Å². The van der Waals surface area contributed by atoms with Crippen LogP contribution in [0, 0.1) is 6.92 Å². The third-order valence-electron chi connectivity index (χ3n) is 3.52. The van der Waals surface area contributed by atoms with Gasteiger partial charge in [0.1, 0.15) is 12.3 Å². The third kappa shape index (κ3) is 4.72. The maximum absolute atomic E-state index is 11.8. The molecule has 0 aliphatic carbocycles. The summed E-state index contributed by atoms with van der Waals surface area (Å²) < 4.78 is 12.4. The van der Waals surface area contributed by atoms with Gasteiger partial charge in [0.15, 0.2) is 0 Å². The minimum atomic E-state index is -0.742. The maximum Gasteiger partial charge on any atom is 0.330 e. The number of hydroxylamine groups is 2. The van der Waals surface area contributed by atoms with E-state index in [1.54, 1.807) is 26.1 Å². The first-order valence-corrected chi connectivity index (χ1v) is 7.42. The highest BCUT2D eigenvalue weighted by Crippen LogP contribution is 2.27. The number of nitrogens with zero attached hydrogens (tertiary/aromatic N) is 2. The van der Waals surface area contributed by atoms with Gasteiger partial charge in [0.05, 0.1) is 25.9 Å². The number of rotatable bonds is 7. The van der Waals surface area contributed by atoms with Gasteiger partial charge in [0.2, 0.25) is 0 Å². The fraction of sp³-hybridized carbons (Fsp3) is 0.714. The van der Waals surface area contributed by atoms with Crippen molar-refractivity contribution in [1.29, 1.82) is 0 Å². The van der Waals surface area contributed by atoms with Crippen LogP contribution in [0.2, 0.25) is 0 Å². The van der Waals surface area contributed by atoms with Crippen molar-refractivity contribution in [2.45, 2.75) is 31.8 Å². The van der Waals surface area contributed by atoms with Crippen molar-refractivity contribution in [3.63, 3.8) is 0 Å². The topological polar surface area (TPSA) is 106 Å². The zero-order valence-corrected chi connectivity index (χ0v) is 13.5. The number of nitrogens with one attached hydrogen (secondary N) is 1. The fourth-order valence-corrected chi connectivity index (χ4v) is 2.31. The van der Waals surface area contributed by atoms with E-state index < -0.39 is 29.7 Å². The van der Waals surface area contributed by atoms with Gasteiger partial charge in [-0.25, -0.2) is 4.79 Å². The number of ether oxygens (including phenoxy) is 2. The zero-order chi connectivity index (χ0) is 17.0. The number of H-pyrrole nitrogens is 1. The Kier molecular flexibility index (Phi) is 6.08. The summed E-state index contributed by atoms with van der Waals surface area (Å²) in [6.45, 7) is 2.57. The monoisotopic (exact) mass is 329 g/mol. The van der Waals surface area contributed by atoms with Crippen LogP contribution in [-0.2, 0) is 14.3 Å². The summed E-state index contributed by atoms with van der Waals surface area (Å²) in [7, 11) is 3.55. The molecule has 0 aromatic carbocycles. The van der Waals surface area contributed by atoms with Crippen LogP contribution in [0.15, 0.2) is 15.8 Å². The molecule has 0 radical (unpaired) electrons. The highest BCUT2D eigenvalue weighted by Gasteiger charge is 2.35. The van der Waals surface area contributed by atoms with Crippen LogP contribution in [0.5, 0.6) is 0 Å². The van der Waals surface area contributed by atoms with Gasteiger partial charge in [-0.1, -0.05) is 0 Å². The predicted molar refractivity (Wildman–Crippen MR) is 81.1 cm³/mol. The molecular weight excluding hydrogens is 306 g/mol. The van der Waals surface area contributed by atoms with Crippen LogP contribution in [0.3, 0.4) is 0 Å². The summed E-state index contributed by atoms with van der Waals surface area (Å²) in [4.78, 5) is 30.7. The Bertz CT molecular complexity index is 626. The van der Waals surface area contributed by atoms with Crippen LogP contribution in [0.4, 0.5) is 0 Å². The second-order valence-electron chi connectivity index (χ2n) is 5.63. The third-order valence-corrected chi connectivity index (χ3v) is 3.52. The number of hydrogen-bond donors (Lipinski definition) is 2. The smallest absolute Gasteiger partial charge is 0.330 e. The second-order valence-corrected chi connectivity index (χ2v) is 5.63. The van der Waals surface area contributed by atoms with Gasteiger partial charge in [-0.2, -0.15) is 5.06 Å². The lowest BCUT2D eigenvalue weighted by atomic mass is 10.2. The molecule has 0 unspecified atom stereocenters. The van der Waals surface area contributed by atoms with E-state index in [1.807, 2.05) is 0 Å². The molecular formula is C14H23N3O6. The van der Waals surface area contributed by atoms with E-state index in [2.05, 4.69) is 4.98 Å². The molecule has 0 amide bonds. The van der Waals surface area contributed by atoms with Crippen molar-refractivity contribution >= 4 is 0 Å². The molecule has 1 aliphatic heterocycles. The van der Waals surface area contributed by atoms with Gasteiger partial charge in [0.25, 0.3) is 5.56 Å². The Morgan fingerprint density at radius 3 is 2.87 bits per heavy atom. The molecule has 0 bridgehead atoms. The second kappa shape index (κ2) is 7.84. The molecule has 0 saturated carbocycles. The molecule has 3 atom stereocenters. The predicted octanol–water partition coefficient (Wildman–Crippen LogP) is -0.997. The number of aliphatic hydroxyl groups excluding tert-OH is 1. The van der Waals surface area contributed by atoms with Crippen molar-refractivity contribution in [3.8, 4) is 0 Å². The molecule has 1 aromatic rings. The van der Waals surface area contributed by atoms with E-state index in [-0.39, 0.29) is 13.0 Å². The molecule has 2 heterocycles. The van der Waals surface area contributed by atoms with Gasteiger partial charge in [0, 0.05) is 32.3 Å². The lowest BCUT2D eigenvalue weighted by Crippen LogP contribution is -2.33. The number of aryl methyl sites for hydroxylation is 1. The molecule has 1 saturated heterocycles. The van der Waals surface area contributed by atoms with E-state index in [0.717, 1.165) is 0 Å². The lowest BCUT2D eigenvalue weighted by molar-refractivity contribution is -0.141. The van der Waals surface area contributed by atoms with E-state index in [9.17, 15) is 14.7 Å². The minimum Gasteiger partial charge on any atom is -0.390 e. The van der Waals surface area contributed by atoms with Gasteiger partial charge >= 0.3 is 5.69 Å². The SMILES string of the molecule is Cc1cn([C@H]2C[C@H](O)[C@@H](COCCON(C)C)O2)c(=O)[nH]c1=O. The summed E-state index contributed by atoms with van der Waals surface area (Å²) in [6.07, 6.45) is -0.201. The van der Waals surface area contributed by atoms with Crippen molar-refractivity contribution in [1.82, 2.24) is 14.6 Å². The molecule has 2 N–H and O–H groups in total. The maximum atomic E-state index is 11.8. The van der Waals surface area contributed by atoms with E-state index in [0.29, 0.717) is 18.8 Å². The number of aromatic amines is 1. The van der Waals surface area contributed by atoms with Crippen LogP contribution in [-0.4, -0.2) is 65.8 Å². The molecule has 130 valence electrons. The molecule has 1 aliphatic rings. The summed E-state index contributed by atoms with van der Waals surface area (Å²) in [6, 6.07) is 0.